The summed E-state index contributed by atoms with van der Waals surface area (Å²) in [6, 6.07) is 8.27. The van der Waals surface area contributed by atoms with Crippen LogP contribution in [0.15, 0.2) is 77.8 Å². The third-order valence-electron chi connectivity index (χ3n) is 4.46. The first-order chi connectivity index (χ1) is 14.2. The van der Waals surface area contributed by atoms with Crippen LogP contribution >= 0.6 is 0 Å². The first kappa shape index (κ1) is 22.5. The highest BCUT2D eigenvalue weighted by Gasteiger charge is 2.01. The molecule has 0 unspecified atom stereocenters. The Labute approximate surface area is 175 Å². The molecule has 0 amide bonds. The van der Waals surface area contributed by atoms with Gasteiger partial charge in [0.25, 0.3) is 0 Å². The van der Waals surface area contributed by atoms with Gasteiger partial charge in [0, 0.05) is 6.42 Å². The molecule has 1 aliphatic rings. The fourth-order valence-corrected chi connectivity index (χ4v) is 2.96. The summed E-state index contributed by atoms with van der Waals surface area (Å²) in [5.41, 5.74) is 5.78. The summed E-state index contributed by atoms with van der Waals surface area (Å²) in [5, 5.41) is 0. The van der Waals surface area contributed by atoms with Gasteiger partial charge in [0.2, 0.25) is 0 Å². The second-order valence-electron chi connectivity index (χ2n) is 6.93. The second-order valence-corrected chi connectivity index (χ2v) is 6.93. The largest absolute Gasteiger partial charge is 0.466 e. The van der Waals surface area contributed by atoms with Crippen molar-refractivity contribution in [2.24, 2.45) is 0 Å². The summed E-state index contributed by atoms with van der Waals surface area (Å²) in [6.07, 6.45) is 18.7. The lowest BCUT2D eigenvalue weighted by Crippen LogP contribution is -2.02. The van der Waals surface area contributed by atoms with Gasteiger partial charge in [-0.1, -0.05) is 55.5 Å². The van der Waals surface area contributed by atoms with Crippen molar-refractivity contribution in [1.82, 2.24) is 0 Å². The molecule has 1 aliphatic carbocycles. The Kier molecular flexibility index (Phi) is 10.4. The predicted molar refractivity (Wildman–Crippen MR) is 119 cm³/mol. The van der Waals surface area contributed by atoms with E-state index >= 15 is 0 Å². The van der Waals surface area contributed by atoms with Gasteiger partial charge < -0.3 is 9.47 Å². The smallest absolute Gasteiger partial charge is 0.305 e. The maximum atomic E-state index is 11.3. The van der Waals surface area contributed by atoms with Crippen molar-refractivity contribution in [2.75, 3.05) is 6.61 Å². The average molecular weight is 393 g/mol. The molecule has 2 rings (SSSR count). The van der Waals surface area contributed by atoms with Crippen LogP contribution in [0.5, 0.6) is 5.75 Å². The molecule has 0 saturated heterocycles. The van der Waals surface area contributed by atoms with E-state index in [0.717, 1.165) is 50.0 Å². The van der Waals surface area contributed by atoms with Gasteiger partial charge in [0.05, 0.1) is 6.61 Å². The van der Waals surface area contributed by atoms with E-state index in [2.05, 4.69) is 49.1 Å². The zero-order chi connectivity index (χ0) is 20.7. The van der Waals surface area contributed by atoms with Crippen LogP contribution in [0.2, 0.25) is 0 Å². The molecular weight excluding hydrogens is 360 g/mol. The molecule has 3 heteroatoms. The number of carbonyl (C=O) groups is 1. The Morgan fingerprint density at radius 3 is 2.72 bits per heavy atom. The SMILES string of the molecule is CCCc1ccc(OC2=C=CC/C=C(C/C=C/CCCC(=O)OCC)\C=C/2)cc1. The number of ether oxygens (including phenoxy) is 2. The van der Waals surface area contributed by atoms with Crippen LogP contribution in [0.25, 0.3) is 0 Å². The van der Waals surface area contributed by atoms with Gasteiger partial charge in [-0.2, -0.15) is 0 Å². The Hall–Kier alpha value is -2.77. The number of carbonyl (C=O) groups excluding carboxylic acids is 1. The molecular formula is C26H32O3. The molecule has 0 aliphatic heterocycles. The Morgan fingerprint density at radius 2 is 1.97 bits per heavy atom. The summed E-state index contributed by atoms with van der Waals surface area (Å²) in [4.78, 5) is 11.3. The van der Waals surface area contributed by atoms with Crippen LogP contribution in [-0.4, -0.2) is 12.6 Å². The molecule has 0 N–H and O–H groups in total. The van der Waals surface area contributed by atoms with Crippen LogP contribution in [-0.2, 0) is 16.0 Å². The number of benzene rings is 1. The first-order valence-corrected chi connectivity index (χ1v) is 10.6. The number of allylic oxidation sites excluding steroid dienone is 6. The first-order valence-electron chi connectivity index (χ1n) is 10.6. The summed E-state index contributed by atoms with van der Waals surface area (Å²) >= 11 is 0. The van der Waals surface area contributed by atoms with E-state index in [4.69, 9.17) is 9.47 Å². The number of esters is 1. The molecule has 29 heavy (non-hydrogen) atoms. The van der Waals surface area contributed by atoms with Crippen molar-refractivity contribution in [3.05, 3.63) is 83.3 Å². The van der Waals surface area contributed by atoms with E-state index in [0.29, 0.717) is 13.0 Å². The van der Waals surface area contributed by atoms with E-state index in [1.165, 1.54) is 11.1 Å². The second kappa shape index (κ2) is 13.4. The van der Waals surface area contributed by atoms with Gasteiger partial charge in [-0.25, -0.2) is 0 Å². The van der Waals surface area contributed by atoms with Gasteiger partial charge in [-0.3, -0.25) is 4.79 Å². The van der Waals surface area contributed by atoms with Gasteiger partial charge in [0.1, 0.15) is 5.75 Å². The van der Waals surface area contributed by atoms with Crippen molar-refractivity contribution in [3.63, 3.8) is 0 Å². The highest BCUT2D eigenvalue weighted by Crippen LogP contribution is 2.18. The van der Waals surface area contributed by atoms with Gasteiger partial charge >= 0.3 is 5.97 Å². The summed E-state index contributed by atoms with van der Waals surface area (Å²) < 4.78 is 10.9. The zero-order valence-corrected chi connectivity index (χ0v) is 17.7. The number of hydrogen-bond acceptors (Lipinski definition) is 3. The number of aryl methyl sites for hydroxylation is 1. The van der Waals surface area contributed by atoms with Gasteiger partial charge in [-0.05, 0) is 74.4 Å². The number of hydrogen-bond donors (Lipinski definition) is 0. The normalized spacial score (nSPS) is 16.5. The highest BCUT2D eigenvalue weighted by molar-refractivity contribution is 5.69. The minimum absolute atomic E-state index is 0.113. The molecule has 3 nitrogen and oxygen atoms in total. The molecule has 1 aromatic carbocycles. The van der Waals surface area contributed by atoms with Gasteiger partial charge in [0.15, 0.2) is 5.76 Å². The van der Waals surface area contributed by atoms with E-state index in [1.54, 1.807) is 0 Å². The summed E-state index contributed by atoms with van der Waals surface area (Å²) in [7, 11) is 0. The summed E-state index contributed by atoms with van der Waals surface area (Å²) in [6.45, 7) is 4.47. The van der Waals surface area contributed by atoms with Gasteiger partial charge in [-0.15, -0.1) is 0 Å². The third kappa shape index (κ3) is 9.32. The number of rotatable bonds is 11. The molecule has 0 radical (unpaired) electrons. The Bertz CT molecular complexity index is 788. The van der Waals surface area contributed by atoms with Crippen molar-refractivity contribution < 1.29 is 14.3 Å². The third-order valence-corrected chi connectivity index (χ3v) is 4.46. The monoisotopic (exact) mass is 392 g/mol. The Morgan fingerprint density at radius 1 is 1.14 bits per heavy atom. The lowest BCUT2D eigenvalue weighted by Gasteiger charge is -2.07. The standard InChI is InChI=1S/C26H32O3/c1-3-11-22-16-20-25(21-17-22)29-24-14-10-9-13-23(18-19-24)12-7-5-6-8-15-26(27)28-4-2/h5,7,10,13,16-21H,3-4,6,8-9,11-12,15H2,1-2H3/b7-5+,19-18-,23-13-. The van der Waals surface area contributed by atoms with Crippen molar-refractivity contribution in [1.29, 1.82) is 0 Å². The minimum Gasteiger partial charge on any atom is -0.466 e. The molecule has 0 heterocycles. The van der Waals surface area contributed by atoms with E-state index in [9.17, 15) is 4.79 Å². The lowest BCUT2D eigenvalue weighted by atomic mass is 10.1. The molecule has 0 bridgehead atoms. The van der Waals surface area contributed by atoms with Crippen LogP contribution in [0, 0.1) is 0 Å². The molecule has 0 fully saturated rings. The molecule has 154 valence electrons. The quantitative estimate of drug-likeness (QED) is 0.184. The molecule has 1 aromatic rings. The Balaban J connectivity index is 1.80. The van der Waals surface area contributed by atoms with Crippen LogP contribution in [0.4, 0.5) is 0 Å². The molecule has 0 spiro atoms. The lowest BCUT2D eigenvalue weighted by molar-refractivity contribution is -0.143. The molecule has 0 saturated carbocycles. The van der Waals surface area contributed by atoms with Crippen LogP contribution in [0.3, 0.4) is 0 Å². The molecule has 0 atom stereocenters. The van der Waals surface area contributed by atoms with Crippen molar-refractivity contribution in [2.45, 2.75) is 58.8 Å². The van der Waals surface area contributed by atoms with Crippen LogP contribution < -0.4 is 4.74 Å². The van der Waals surface area contributed by atoms with E-state index < -0.39 is 0 Å². The molecule has 0 aromatic heterocycles. The fraction of sp³-hybridized carbons (Fsp3) is 0.385. The minimum atomic E-state index is -0.113. The van der Waals surface area contributed by atoms with E-state index in [-0.39, 0.29) is 5.97 Å². The fourth-order valence-electron chi connectivity index (χ4n) is 2.96. The average Bonchev–Trinajstić information content (AvgIpc) is 2.70. The zero-order valence-electron chi connectivity index (χ0n) is 17.7. The highest BCUT2D eigenvalue weighted by atomic mass is 16.5. The maximum absolute atomic E-state index is 11.3. The van der Waals surface area contributed by atoms with Crippen molar-refractivity contribution >= 4 is 5.97 Å². The number of unbranched alkanes of at least 4 members (excludes halogenated alkanes) is 1. The van der Waals surface area contributed by atoms with E-state index in [1.807, 2.05) is 31.2 Å². The topological polar surface area (TPSA) is 35.5 Å². The summed E-state index contributed by atoms with van der Waals surface area (Å²) in [5.74, 6) is 1.44. The van der Waals surface area contributed by atoms with Crippen molar-refractivity contribution in [3.8, 4) is 5.75 Å². The maximum Gasteiger partial charge on any atom is 0.305 e. The predicted octanol–water partition coefficient (Wildman–Crippen LogP) is 6.62. The van der Waals surface area contributed by atoms with Crippen LogP contribution in [0.1, 0.15) is 57.9 Å².